The van der Waals surface area contributed by atoms with Crippen molar-refractivity contribution >= 4 is 56.7 Å². The Labute approximate surface area is 191 Å². The molecule has 3 aromatic rings. The Bertz CT molecular complexity index is 1160. The predicted molar refractivity (Wildman–Crippen MR) is 133 cm³/mol. The van der Waals surface area contributed by atoms with E-state index in [0.29, 0.717) is 22.4 Å². The minimum Gasteiger partial charge on any atom is -0.494 e. The number of carbonyl (C=O) groups is 1. The second-order valence-corrected chi connectivity index (χ2v) is 8.67. The van der Waals surface area contributed by atoms with E-state index in [0.717, 1.165) is 39.9 Å². The van der Waals surface area contributed by atoms with Gasteiger partial charge in [-0.25, -0.2) is 0 Å². The molecule has 0 aromatic heterocycles. The average Bonchev–Trinajstić information content (AvgIpc) is 3.07. The average molecular weight is 450 g/mol. The van der Waals surface area contributed by atoms with Crippen LogP contribution in [-0.2, 0) is 4.79 Å². The quantitative estimate of drug-likeness (QED) is 0.307. The van der Waals surface area contributed by atoms with Crippen LogP contribution in [0.1, 0.15) is 25.8 Å². The third kappa shape index (κ3) is 4.45. The smallest absolute Gasteiger partial charge is 0.270 e. The van der Waals surface area contributed by atoms with Crippen molar-refractivity contribution in [1.29, 1.82) is 0 Å². The standard InChI is InChI=1S/C25H23NO3S2/c1-3-15-29-22-14-9-17-7-5-6-8-20(17)21(22)16-23-24(27)26(25(30)31-23)18-10-12-19(13-11-18)28-4-2/h5-14,16H,3-4,15H2,1-2H3/b23-16-. The summed E-state index contributed by atoms with van der Waals surface area (Å²) in [6.45, 7) is 5.22. The zero-order valence-corrected chi connectivity index (χ0v) is 19.1. The van der Waals surface area contributed by atoms with Gasteiger partial charge in [-0.15, -0.1) is 0 Å². The van der Waals surface area contributed by atoms with Gasteiger partial charge in [0.1, 0.15) is 11.5 Å². The maximum absolute atomic E-state index is 13.3. The summed E-state index contributed by atoms with van der Waals surface area (Å²) in [5, 5.41) is 2.14. The lowest BCUT2D eigenvalue weighted by atomic mass is 10.0. The number of fused-ring (bicyclic) bond motifs is 1. The first-order valence-electron chi connectivity index (χ1n) is 10.3. The van der Waals surface area contributed by atoms with Crippen molar-refractivity contribution in [2.24, 2.45) is 0 Å². The van der Waals surface area contributed by atoms with Crippen molar-refractivity contribution in [2.75, 3.05) is 18.1 Å². The number of ether oxygens (including phenoxy) is 2. The van der Waals surface area contributed by atoms with Crippen molar-refractivity contribution in [1.82, 2.24) is 0 Å². The lowest BCUT2D eigenvalue weighted by Gasteiger charge is -2.15. The van der Waals surface area contributed by atoms with Crippen LogP contribution < -0.4 is 14.4 Å². The number of amides is 1. The van der Waals surface area contributed by atoms with Crippen molar-refractivity contribution in [3.05, 3.63) is 71.1 Å². The van der Waals surface area contributed by atoms with Crippen LogP contribution in [0.5, 0.6) is 11.5 Å². The van der Waals surface area contributed by atoms with Gasteiger partial charge in [-0.05, 0) is 60.5 Å². The highest BCUT2D eigenvalue weighted by atomic mass is 32.2. The van der Waals surface area contributed by atoms with Crippen LogP contribution in [0.2, 0.25) is 0 Å². The Morgan fingerprint density at radius 3 is 2.52 bits per heavy atom. The van der Waals surface area contributed by atoms with Gasteiger partial charge >= 0.3 is 0 Å². The molecule has 4 nitrogen and oxygen atoms in total. The number of benzene rings is 3. The fourth-order valence-corrected chi connectivity index (χ4v) is 4.72. The van der Waals surface area contributed by atoms with Crippen molar-refractivity contribution in [2.45, 2.75) is 20.3 Å². The van der Waals surface area contributed by atoms with E-state index in [9.17, 15) is 4.79 Å². The topological polar surface area (TPSA) is 38.8 Å². The van der Waals surface area contributed by atoms with Gasteiger partial charge in [-0.3, -0.25) is 9.69 Å². The summed E-state index contributed by atoms with van der Waals surface area (Å²) >= 11 is 6.85. The van der Waals surface area contributed by atoms with Crippen molar-refractivity contribution in [3.63, 3.8) is 0 Å². The van der Waals surface area contributed by atoms with Crippen molar-refractivity contribution < 1.29 is 14.3 Å². The number of anilines is 1. The van der Waals surface area contributed by atoms with E-state index >= 15 is 0 Å². The molecule has 3 aromatic carbocycles. The molecule has 6 heteroatoms. The molecule has 0 N–H and O–H groups in total. The number of nitrogens with zero attached hydrogens (tertiary/aromatic N) is 1. The molecule has 0 aliphatic carbocycles. The number of hydrogen-bond acceptors (Lipinski definition) is 5. The Morgan fingerprint density at radius 2 is 1.77 bits per heavy atom. The first kappa shape index (κ1) is 21.4. The Balaban J connectivity index is 1.71. The molecule has 0 atom stereocenters. The fourth-order valence-electron chi connectivity index (χ4n) is 3.44. The lowest BCUT2D eigenvalue weighted by molar-refractivity contribution is -0.113. The summed E-state index contributed by atoms with van der Waals surface area (Å²) < 4.78 is 12.0. The lowest BCUT2D eigenvalue weighted by Crippen LogP contribution is -2.27. The molecule has 1 aliphatic rings. The van der Waals surface area contributed by atoms with Crippen LogP contribution in [0.3, 0.4) is 0 Å². The van der Waals surface area contributed by atoms with Crippen LogP contribution in [0.15, 0.2) is 65.6 Å². The maximum atomic E-state index is 13.3. The third-order valence-electron chi connectivity index (χ3n) is 4.87. The number of thioether (sulfide) groups is 1. The summed E-state index contributed by atoms with van der Waals surface area (Å²) in [6.07, 6.45) is 2.81. The summed E-state index contributed by atoms with van der Waals surface area (Å²) in [5.74, 6) is 1.40. The zero-order chi connectivity index (χ0) is 21.8. The highest BCUT2D eigenvalue weighted by molar-refractivity contribution is 8.27. The van der Waals surface area contributed by atoms with E-state index < -0.39 is 0 Å². The molecule has 1 saturated heterocycles. The minimum absolute atomic E-state index is 0.131. The van der Waals surface area contributed by atoms with E-state index in [1.807, 2.05) is 67.6 Å². The van der Waals surface area contributed by atoms with Gasteiger partial charge in [0.05, 0.1) is 23.8 Å². The maximum Gasteiger partial charge on any atom is 0.270 e. The van der Waals surface area contributed by atoms with Gasteiger partial charge in [0.25, 0.3) is 5.91 Å². The number of thiocarbonyl (C=S) groups is 1. The van der Waals surface area contributed by atoms with E-state index in [1.54, 1.807) is 4.90 Å². The van der Waals surface area contributed by atoms with Gasteiger partial charge < -0.3 is 9.47 Å². The van der Waals surface area contributed by atoms with Crippen LogP contribution in [0.25, 0.3) is 16.8 Å². The molecule has 0 bridgehead atoms. The summed E-state index contributed by atoms with van der Waals surface area (Å²) in [6, 6.07) is 19.5. The summed E-state index contributed by atoms with van der Waals surface area (Å²) in [4.78, 5) is 15.4. The van der Waals surface area contributed by atoms with E-state index in [2.05, 4.69) is 13.0 Å². The third-order valence-corrected chi connectivity index (χ3v) is 6.17. The van der Waals surface area contributed by atoms with Crippen LogP contribution >= 0.6 is 24.0 Å². The molecular weight excluding hydrogens is 426 g/mol. The van der Waals surface area contributed by atoms with Crippen molar-refractivity contribution in [3.8, 4) is 11.5 Å². The minimum atomic E-state index is -0.131. The van der Waals surface area contributed by atoms with Crippen LogP contribution in [0.4, 0.5) is 5.69 Å². The first-order chi connectivity index (χ1) is 15.1. The molecule has 0 radical (unpaired) electrons. The Kier molecular flexibility index (Phi) is 6.59. The molecule has 1 aliphatic heterocycles. The Hall–Kier alpha value is -2.83. The molecule has 1 amide bonds. The van der Waals surface area contributed by atoms with Gasteiger partial charge in [0.15, 0.2) is 4.32 Å². The molecule has 1 fully saturated rings. The number of carbonyl (C=O) groups excluding carboxylic acids is 1. The van der Waals surface area contributed by atoms with Crippen LogP contribution in [0, 0.1) is 0 Å². The van der Waals surface area contributed by atoms with Gasteiger partial charge in [0.2, 0.25) is 0 Å². The molecule has 0 saturated carbocycles. The molecule has 1 heterocycles. The van der Waals surface area contributed by atoms with E-state index in [-0.39, 0.29) is 5.91 Å². The number of hydrogen-bond donors (Lipinski definition) is 0. The highest BCUT2D eigenvalue weighted by Gasteiger charge is 2.33. The molecule has 0 unspecified atom stereocenters. The number of rotatable bonds is 7. The Morgan fingerprint density at radius 1 is 1.00 bits per heavy atom. The molecule has 31 heavy (non-hydrogen) atoms. The predicted octanol–water partition coefficient (Wildman–Crippen LogP) is 6.43. The molecule has 4 rings (SSSR count). The molecule has 0 spiro atoms. The van der Waals surface area contributed by atoms with Gasteiger partial charge in [0, 0.05) is 5.56 Å². The van der Waals surface area contributed by atoms with E-state index in [4.69, 9.17) is 21.7 Å². The molecule has 158 valence electrons. The fraction of sp³-hybridized carbons (Fsp3) is 0.200. The second kappa shape index (κ2) is 9.54. The monoisotopic (exact) mass is 449 g/mol. The SMILES string of the molecule is CCCOc1ccc2ccccc2c1/C=C1\SC(=S)N(c2ccc(OCC)cc2)C1=O. The normalized spacial score (nSPS) is 15.2. The summed E-state index contributed by atoms with van der Waals surface area (Å²) in [5.41, 5.74) is 1.63. The van der Waals surface area contributed by atoms with Gasteiger partial charge in [-0.1, -0.05) is 61.2 Å². The highest BCUT2D eigenvalue weighted by Crippen LogP contribution is 2.39. The molecular formula is C25H23NO3S2. The summed E-state index contributed by atoms with van der Waals surface area (Å²) in [7, 11) is 0. The zero-order valence-electron chi connectivity index (χ0n) is 17.5. The van der Waals surface area contributed by atoms with E-state index in [1.165, 1.54) is 11.8 Å². The van der Waals surface area contributed by atoms with Gasteiger partial charge in [-0.2, -0.15) is 0 Å². The second-order valence-electron chi connectivity index (χ2n) is 6.99. The largest absolute Gasteiger partial charge is 0.494 e. The first-order valence-corrected chi connectivity index (χ1v) is 11.5. The van der Waals surface area contributed by atoms with Crippen LogP contribution in [-0.4, -0.2) is 23.4 Å².